The van der Waals surface area contributed by atoms with Crippen LogP contribution in [0.2, 0.25) is 0 Å². The molecule has 3 rings (SSSR count). The summed E-state index contributed by atoms with van der Waals surface area (Å²) in [5.41, 5.74) is -2.79. The van der Waals surface area contributed by atoms with Crippen LogP contribution in [0.25, 0.3) is 5.52 Å². The Kier molecular flexibility index (Phi) is 5.36. The number of hydrogen-bond donors (Lipinski definition) is 0. The zero-order valence-corrected chi connectivity index (χ0v) is 15.3. The lowest BCUT2D eigenvalue weighted by molar-refractivity contribution is -0.138. The molecule has 3 aromatic rings. The third-order valence-corrected chi connectivity index (χ3v) is 4.30. The zero-order chi connectivity index (χ0) is 22.3. The van der Waals surface area contributed by atoms with Crippen molar-refractivity contribution < 1.29 is 40.7 Å². The number of ether oxygens (including phenoxy) is 1. The minimum absolute atomic E-state index is 0.0443. The SMILES string of the molecule is CCOC(=O)c1cc(C(=O)c2ccc(C(F)(F)F)cc2)n2ccc(C(F)(F)F)cc12. The first kappa shape index (κ1) is 21.4. The van der Waals surface area contributed by atoms with Gasteiger partial charge in [-0.1, -0.05) is 12.1 Å². The van der Waals surface area contributed by atoms with E-state index in [0.717, 1.165) is 47.0 Å². The molecule has 0 spiro atoms. The molecule has 0 N–H and O–H groups in total. The second-order valence-corrected chi connectivity index (χ2v) is 6.24. The van der Waals surface area contributed by atoms with Crippen LogP contribution in [-0.2, 0) is 17.1 Å². The van der Waals surface area contributed by atoms with Crippen LogP contribution in [0.3, 0.4) is 0 Å². The second kappa shape index (κ2) is 7.51. The maximum absolute atomic E-state index is 13.1. The molecule has 0 unspecified atom stereocenters. The highest BCUT2D eigenvalue weighted by Crippen LogP contribution is 2.32. The van der Waals surface area contributed by atoms with Crippen molar-refractivity contribution in [3.05, 3.63) is 76.6 Å². The molecule has 1 aromatic carbocycles. The number of halogens is 6. The van der Waals surface area contributed by atoms with Crippen LogP contribution in [0.5, 0.6) is 0 Å². The third-order valence-electron chi connectivity index (χ3n) is 4.30. The number of rotatable bonds is 4. The Balaban J connectivity index is 2.13. The maximum atomic E-state index is 13.1. The predicted molar refractivity (Wildman–Crippen MR) is 93.2 cm³/mol. The summed E-state index contributed by atoms with van der Waals surface area (Å²) in [5.74, 6) is -1.70. The molecule has 2 heterocycles. The fraction of sp³-hybridized carbons (Fsp3) is 0.200. The molecule has 2 aromatic heterocycles. The van der Waals surface area contributed by atoms with Crippen LogP contribution in [0.15, 0.2) is 48.7 Å². The summed E-state index contributed by atoms with van der Waals surface area (Å²) in [7, 11) is 0. The van der Waals surface area contributed by atoms with Crippen molar-refractivity contribution in [2.24, 2.45) is 0 Å². The molecule has 0 amide bonds. The van der Waals surface area contributed by atoms with Gasteiger partial charge >= 0.3 is 18.3 Å². The molecule has 0 bridgehead atoms. The van der Waals surface area contributed by atoms with Gasteiger partial charge in [-0.15, -0.1) is 0 Å². The number of fused-ring (bicyclic) bond motifs is 1. The number of alkyl halides is 6. The van der Waals surface area contributed by atoms with E-state index in [1.807, 2.05) is 0 Å². The summed E-state index contributed by atoms with van der Waals surface area (Å²) in [6, 6.07) is 5.85. The average Bonchev–Trinajstić information content (AvgIpc) is 3.05. The van der Waals surface area contributed by atoms with Crippen LogP contribution in [0.1, 0.15) is 44.5 Å². The monoisotopic (exact) mass is 429 g/mol. The summed E-state index contributed by atoms with van der Waals surface area (Å²) in [4.78, 5) is 25.0. The Morgan fingerprint density at radius 2 is 1.50 bits per heavy atom. The van der Waals surface area contributed by atoms with Gasteiger partial charge in [-0.25, -0.2) is 4.79 Å². The molecule has 0 aliphatic carbocycles. The lowest BCUT2D eigenvalue weighted by Gasteiger charge is -2.09. The average molecular weight is 429 g/mol. The minimum Gasteiger partial charge on any atom is -0.462 e. The maximum Gasteiger partial charge on any atom is 0.416 e. The summed E-state index contributed by atoms with van der Waals surface area (Å²) in [6.45, 7) is 1.46. The van der Waals surface area contributed by atoms with Gasteiger partial charge in [0.25, 0.3) is 0 Å². The highest BCUT2D eigenvalue weighted by Gasteiger charge is 2.33. The van der Waals surface area contributed by atoms with E-state index in [0.29, 0.717) is 6.07 Å². The molecule has 4 nitrogen and oxygen atoms in total. The number of carbonyl (C=O) groups is 2. The van der Waals surface area contributed by atoms with Gasteiger partial charge in [-0.3, -0.25) is 4.79 Å². The van der Waals surface area contributed by atoms with E-state index in [1.165, 1.54) is 6.92 Å². The smallest absolute Gasteiger partial charge is 0.416 e. The van der Waals surface area contributed by atoms with Gasteiger partial charge < -0.3 is 9.14 Å². The summed E-state index contributed by atoms with van der Waals surface area (Å²) in [6.07, 6.45) is -8.30. The molecule has 0 saturated heterocycles. The van der Waals surface area contributed by atoms with Gasteiger partial charge in [-0.05, 0) is 37.3 Å². The van der Waals surface area contributed by atoms with Crippen molar-refractivity contribution in [1.82, 2.24) is 4.40 Å². The molecule has 30 heavy (non-hydrogen) atoms. The number of pyridine rings is 1. The van der Waals surface area contributed by atoms with Gasteiger partial charge in [0, 0.05) is 11.8 Å². The first-order valence-corrected chi connectivity index (χ1v) is 8.55. The highest BCUT2D eigenvalue weighted by molar-refractivity contribution is 6.11. The van der Waals surface area contributed by atoms with Crippen molar-refractivity contribution in [3.8, 4) is 0 Å². The second-order valence-electron chi connectivity index (χ2n) is 6.24. The number of ketones is 1. The Bertz CT molecular complexity index is 1110. The molecule has 0 radical (unpaired) electrons. The van der Waals surface area contributed by atoms with Gasteiger partial charge in [-0.2, -0.15) is 26.3 Å². The molecule has 158 valence electrons. The lowest BCUT2D eigenvalue weighted by Crippen LogP contribution is -2.09. The molecule has 0 aliphatic rings. The number of hydrogen-bond acceptors (Lipinski definition) is 3. The van der Waals surface area contributed by atoms with Crippen molar-refractivity contribution in [2.75, 3.05) is 6.61 Å². The van der Waals surface area contributed by atoms with Crippen molar-refractivity contribution in [2.45, 2.75) is 19.3 Å². The van der Waals surface area contributed by atoms with Crippen LogP contribution in [0.4, 0.5) is 26.3 Å². The van der Waals surface area contributed by atoms with Gasteiger partial charge in [0.15, 0.2) is 0 Å². The Morgan fingerprint density at radius 3 is 2.03 bits per heavy atom. The number of carbonyl (C=O) groups excluding carboxylic acids is 2. The van der Waals surface area contributed by atoms with Crippen LogP contribution in [-0.4, -0.2) is 22.8 Å². The third kappa shape index (κ3) is 4.03. The molecule has 0 aliphatic heterocycles. The zero-order valence-electron chi connectivity index (χ0n) is 15.3. The lowest BCUT2D eigenvalue weighted by atomic mass is 10.1. The van der Waals surface area contributed by atoms with Gasteiger partial charge in [0.2, 0.25) is 5.78 Å². The van der Waals surface area contributed by atoms with E-state index in [-0.39, 0.29) is 28.9 Å². The Morgan fingerprint density at radius 1 is 0.900 bits per heavy atom. The summed E-state index contributed by atoms with van der Waals surface area (Å²) < 4.78 is 83.3. The standard InChI is InChI=1S/C20H13F6NO3/c1-2-30-18(29)14-10-16(27-8-7-13(9-15(14)27)20(24,25)26)17(28)11-3-5-12(6-4-11)19(21,22)23/h3-10H,2H2,1H3. The number of aromatic nitrogens is 1. The summed E-state index contributed by atoms with van der Waals surface area (Å²) >= 11 is 0. The largest absolute Gasteiger partial charge is 0.462 e. The highest BCUT2D eigenvalue weighted by atomic mass is 19.4. The fourth-order valence-electron chi connectivity index (χ4n) is 2.88. The summed E-state index contributed by atoms with van der Waals surface area (Å²) in [5, 5.41) is 0. The normalized spacial score (nSPS) is 12.2. The van der Waals surface area contributed by atoms with Gasteiger partial charge in [0.05, 0.1) is 34.5 Å². The van der Waals surface area contributed by atoms with E-state index in [1.54, 1.807) is 0 Å². The number of nitrogens with zero attached hydrogens (tertiary/aromatic N) is 1. The van der Waals surface area contributed by atoms with E-state index in [4.69, 9.17) is 4.74 Å². The molecule has 0 atom stereocenters. The molecular formula is C20H13F6NO3. The van der Waals surface area contributed by atoms with Crippen molar-refractivity contribution >= 4 is 17.3 Å². The minimum atomic E-state index is -4.68. The quantitative estimate of drug-likeness (QED) is 0.318. The van der Waals surface area contributed by atoms with E-state index >= 15 is 0 Å². The predicted octanol–water partition coefficient (Wildman–Crippen LogP) is 5.38. The van der Waals surface area contributed by atoms with Crippen LogP contribution >= 0.6 is 0 Å². The van der Waals surface area contributed by atoms with E-state index < -0.39 is 35.2 Å². The first-order chi connectivity index (χ1) is 13.9. The fourth-order valence-corrected chi connectivity index (χ4v) is 2.88. The Hall–Kier alpha value is -3.30. The molecule has 0 fully saturated rings. The van der Waals surface area contributed by atoms with Crippen LogP contribution < -0.4 is 0 Å². The number of esters is 1. The van der Waals surface area contributed by atoms with Gasteiger partial charge in [0.1, 0.15) is 0 Å². The van der Waals surface area contributed by atoms with E-state index in [2.05, 4.69) is 0 Å². The van der Waals surface area contributed by atoms with Crippen molar-refractivity contribution in [1.29, 1.82) is 0 Å². The Labute approximate surface area is 165 Å². The molecule has 10 heteroatoms. The topological polar surface area (TPSA) is 47.8 Å². The van der Waals surface area contributed by atoms with Crippen LogP contribution in [0, 0.1) is 0 Å². The van der Waals surface area contributed by atoms with Crippen molar-refractivity contribution in [3.63, 3.8) is 0 Å². The molecular weight excluding hydrogens is 416 g/mol. The van der Waals surface area contributed by atoms with E-state index in [9.17, 15) is 35.9 Å². The number of benzene rings is 1. The molecule has 0 saturated carbocycles. The first-order valence-electron chi connectivity index (χ1n) is 8.55.